The van der Waals surface area contributed by atoms with E-state index in [1.807, 2.05) is 0 Å². The van der Waals surface area contributed by atoms with E-state index in [0.717, 1.165) is 4.47 Å². The minimum atomic E-state index is -0.455. The number of aromatic nitrogens is 1. The third kappa shape index (κ3) is 3.19. The van der Waals surface area contributed by atoms with Crippen molar-refractivity contribution in [2.24, 2.45) is 0 Å². The summed E-state index contributed by atoms with van der Waals surface area (Å²) >= 11 is 3.26. The third-order valence-electron chi connectivity index (χ3n) is 1.17. The number of aliphatic hydroxyl groups is 1. The molecule has 1 heterocycles. The molecule has 0 aromatic carbocycles. The zero-order valence-electron chi connectivity index (χ0n) is 6.70. The highest BCUT2D eigenvalue weighted by Crippen LogP contribution is 2.15. The number of aliphatic hydroxyl groups excluding tert-OH is 1. The Morgan fingerprint density at radius 3 is 3.00 bits per heavy atom. The highest BCUT2D eigenvalue weighted by atomic mass is 79.9. The SMILES string of the molecule is CC(O)COc1cncc(Br)c1. The first kappa shape index (κ1) is 9.48. The van der Waals surface area contributed by atoms with Crippen molar-refractivity contribution in [3.63, 3.8) is 0 Å². The fourth-order valence-corrected chi connectivity index (χ4v) is 1.03. The number of ether oxygens (including phenoxy) is 1. The fourth-order valence-electron chi connectivity index (χ4n) is 0.688. The lowest BCUT2D eigenvalue weighted by Gasteiger charge is -2.07. The van der Waals surface area contributed by atoms with E-state index in [9.17, 15) is 0 Å². The van der Waals surface area contributed by atoms with Crippen molar-refractivity contribution in [2.75, 3.05) is 6.61 Å². The van der Waals surface area contributed by atoms with Crippen LogP contribution in [0.2, 0.25) is 0 Å². The number of hydrogen-bond donors (Lipinski definition) is 1. The molecule has 0 amide bonds. The molecule has 0 radical (unpaired) electrons. The number of halogens is 1. The summed E-state index contributed by atoms with van der Waals surface area (Å²) in [5, 5.41) is 8.93. The largest absolute Gasteiger partial charge is 0.489 e. The molecule has 0 spiro atoms. The second-order valence-electron chi connectivity index (χ2n) is 2.50. The highest BCUT2D eigenvalue weighted by Gasteiger charge is 1.98. The minimum Gasteiger partial charge on any atom is -0.489 e. The van der Waals surface area contributed by atoms with E-state index in [4.69, 9.17) is 9.84 Å². The summed E-state index contributed by atoms with van der Waals surface area (Å²) in [6.45, 7) is 1.96. The predicted molar refractivity (Wildman–Crippen MR) is 49.1 cm³/mol. The Bertz CT molecular complexity index is 253. The summed E-state index contributed by atoms with van der Waals surface area (Å²) in [6, 6.07) is 1.80. The first-order valence-electron chi connectivity index (χ1n) is 3.60. The van der Waals surface area contributed by atoms with Crippen molar-refractivity contribution in [1.29, 1.82) is 0 Å². The van der Waals surface area contributed by atoms with E-state index in [2.05, 4.69) is 20.9 Å². The van der Waals surface area contributed by atoms with Crippen LogP contribution in [-0.4, -0.2) is 22.8 Å². The van der Waals surface area contributed by atoms with Gasteiger partial charge in [-0.2, -0.15) is 0 Å². The van der Waals surface area contributed by atoms with Gasteiger partial charge in [0.2, 0.25) is 0 Å². The molecule has 0 aliphatic rings. The van der Waals surface area contributed by atoms with Gasteiger partial charge in [0, 0.05) is 10.7 Å². The molecule has 4 heteroatoms. The van der Waals surface area contributed by atoms with Crippen LogP contribution in [0.1, 0.15) is 6.92 Å². The van der Waals surface area contributed by atoms with Crippen LogP contribution in [0.3, 0.4) is 0 Å². The smallest absolute Gasteiger partial charge is 0.138 e. The second-order valence-corrected chi connectivity index (χ2v) is 3.41. The summed E-state index contributed by atoms with van der Waals surface area (Å²) < 4.78 is 6.07. The molecular formula is C8H10BrNO2. The molecule has 1 N–H and O–H groups in total. The Balaban J connectivity index is 2.52. The van der Waals surface area contributed by atoms with Crippen molar-refractivity contribution in [3.8, 4) is 5.75 Å². The third-order valence-corrected chi connectivity index (χ3v) is 1.60. The maximum absolute atomic E-state index is 8.93. The average Bonchev–Trinajstić information content (AvgIpc) is 2.01. The van der Waals surface area contributed by atoms with E-state index >= 15 is 0 Å². The first-order valence-corrected chi connectivity index (χ1v) is 4.39. The summed E-state index contributed by atoms with van der Waals surface area (Å²) in [5.41, 5.74) is 0. The summed E-state index contributed by atoms with van der Waals surface area (Å²) in [6.07, 6.45) is 2.83. The molecule has 12 heavy (non-hydrogen) atoms. The van der Waals surface area contributed by atoms with Gasteiger partial charge in [-0.3, -0.25) is 4.98 Å². The maximum Gasteiger partial charge on any atom is 0.138 e. The van der Waals surface area contributed by atoms with Crippen LogP contribution in [0.4, 0.5) is 0 Å². The minimum absolute atomic E-state index is 0.290. The van der Waals surface area contributed by atoms with E-state index < -0.39 is 6.10 Å². The van der Waals surface area contributed by atoms with Gasteiger partial charge in [-0.05, 0) is 28.9 Å². The van der Waals surface area contributed by atoms with Crippen LogP contribution in [0.5, 0.6) is 5.75 Å². The number of rotatable bonds is 3. The van der Waals surface area contributed by atoms with Gasteiger partial charge in [0.05, 0.1) is 12.3 Å². The van der Waals surface area contributed by atoms with E-state index in [0.29, 0.717) is 5.75 Å². The molecule has 1 aromatic heterocycles. The van der Waals surface area contributed by atoms with Gasteiger partial charge in [0.15, 0.2) is 0 Å². The van der Waals surface area contributed by atoms with Crippen molar-refractivity contribution in [3.05, 3.63) is 22.9 Å². The first-order chi connectivity index (χ1) is 5.68. The summed E-state index contributed by atoms with van der Waals surface area (Å²) in [5.74, 6) is 0.658. The number of hydrogen-bond acceptors (Lipinski definition) is 3. The Morgan fingerprint density at radius 1 is 1.67 bits per heavy atom. The molecule has 1 aromatic rings. The quantitative estimate of drug-likeness (QED) is 0.860. The summed E-state index contributed by atoms with van der Waals surface area (Å²) in [4.78, 5) is 3.91. The van der Waals surface area contributed by atoms with Gasteiger partial charge >= 0.3 is 0 Å². The lowest BCUT2D eigenvalue weighted by Crippen LogP contribution is -2.12. The topological polar surface area (TPSA) is 42.4 Å². The van der Waals surface area contributed by atoms with E-state index in [-0.39, 0.29) is 6.61 Å². The van der Waals surface area contributed by atoms with Gasteiger partial charge in [-0.25, -0.2) is 0 Å². The molecule has 0 saturated heterocycles. The molecule has 0 fully saturated rings. The number of nitrogens with zero attached hydrogens (tertiary/aromatic N) is 1. The van der Waals surface area contributed by atoms with Crippen molar-refractivity contribution in [2.45, 2.75) is 13.0 Å². The lowest BCUT2D eigenvalue weighted by molar-refractivity contribution is 0.122. The van der Waals surface area contributed by atoms with Crippen LogP contribution in [0.25, 0.3) is 0 Å². The maximum atomic E-state index is 8.93. The zero-order chi connectivity index (χ0) is 8.97. The summed E-state index contributed by atoms with van der Waals surface area (Å²) in [7, 11) is 0. The van der Waals surface area contributed by atoms with Crippen LogP contribution in [0, 0.1) is 0 Å². The lowest BCUT2D eigenvalue weighted by atomic mass is 10.4. The molecular weight excluding hydrogens is 222 g/mol. The van der Waals surface area contributed by atoms with Crippen LogP contribution < -0.4 is 4.74 Å². The normalized spacial score (nSPS) is 12.6. The molecule has 0 aliphatic heterocycles. The van der Waals surface area contributed by atoms with Crippen molar-refractivity contribution in [1.82, 2.24) is 4.98 Å². The highest BCUT2D eigenvalue weighted by molar-refractivity contribution is 9.10. The van der Waals surface area contributed by atoms with E-state index in [1.54, 1.807) is 25.4 Å². The molecule has 66 valence electrons. The Kier molecular flexibility index (Phi) is 3.49. The Labute approximate surface area is 79.5 Å². The molecule has 1 unspecified atom stereocenters. The number of pyridine rings is 1. The molecule has 3 nitrogen and oxygen atoms in total. The van der Waals surface area contributed by atoms with Gasteiger partial charge in [-0.1, -0.05) is 0 Å². The molecule has 1 atom stereocenters. The monoisotopic (exact) mass is 231 g/mol. The predicted octanol–water partition coefficient (Wildman–Crippen LogP) is 1.60. The average molecular weight is 232 g/mol. The van der Waals surface area contributed by atoms with Gasteiger partial charge in [-0.15, -0.1) is 0 Å². The fraction of sp³-hybridized carbons (Fsp3) is 0.375. The van der Waals surface area contributed by atoms with Gasteiger partial charge in [0.1, 0.15) is 12.4 Å². The second kappa shape index (κ2) is 4.42. The van der Waals surface area contributed by atoms with Crippen LogP contribution in [-0.2, 0) is 0 Å². The Morgan fingerprint density at radius 2 is 2.42 bits per heavy atom. The van der Waals surface area contributed by atoms with Gasteiger partial charge in [0.25, 0.3) is 0 Å². The van der Waals surface area contributed by atoms with Crippen LogP contribution >= 0.6 is 15.9 Å². The zero-order valence-corrected chi connectivity index (χ0v) is 8.28. The molecule has 1 rings (SSSR count). The van der Waals surface area contributed by atoms with Gasteiger partial charge < -0.3 is 9.84 Å². The van der Waals surface area contributed by atoms with Crippen LogP contribution in [0.15, 0.2) is 22.9 Å². The Hall–Kier alpha value is -0.610. The van der Waals surface area contributed by atoms with E-state index in [1.165, 1.54) is 0 Å². The molecule has 0 bridgehead atoms. The molecule has 0 aliphatic carbocycles. The van der Waals surface area contributed by atoms with Crippen molar-refractivity contribution < 1.29 is 9.84 Å². The van der Waals surface area contributed by atoms with Crippen molar-refractivity contribution >= 4 is 15.9 Å². The molecule has 0 saturated carbocycles. The standard InChI is InChI=1S/C8H10BrNO2/c1-6(11)5-12-8-2-7(9)3-10-4-8/h2-4,6,11H,5H2,1H3.